The SMILES string of the molecule is CCCC[N+]1=C=[N+](c2[c-]c3oc4ncccc4c3cc2)C=C1.Cc1ccc(-c2[c-]cccc2)nc1.[Ir]. The summed E-state index contributed by atoms with van der Waals surface area (Å²) in [6, 6.07) is 29.7. The second-order valence-electron chi connectivity index (χ2n) is 8.36. The van der Waals surface area contributed by atoms with E-state index in [1.807, 2.05) is 78.6 Å². The fraction of sp³-hybridized carbons (Fsp3) is 0.167. The van der Waals surface area contributed by atoms with E-state index in [0.717, 1.165) is 46.3 Å². The molecule has 36 heavy (non-hydrogen) atoms. The van der Waals surface area contributed by atoms with Crippen molar-refractivity contribution in [2.75, 3.05) is 6.54 Å². The summed E-state index contributed by atoms with van der Waals surface area (Å²) in [6.07, 6.45) is 9.97. The molecule has 2 aromatic carbocycles. The average molecular weight is 651 g/mol. The molecule has 0 fully saturated rings. The minimum atomic E-state index is 0. The summed E-state index contributed by atoms with van der Waals surface area (Å²) in [5, 5.41) is 2.06. The van der Waals surface area contributed by atoms with Crippen LogP contribution in [0.3, 0.4) is 0 Å². The molecule has 0 saturated heterocycles. The van der Waals surface area contributed by atoms with E-state index in [4.69, 9.17) is 4.42 Å². The first-order valence-electron chi connectivity index (χ1n) is 11.8. The van der Waals surface area contributed by atoms with Gasteiger partial charge in [0.1, 0.15) is 5.69 Å². The van der Waals surface area contributed by atoms with Crippen molar-refractivity contribution in [3.63, 3.8) is 0 Å². The van der Waals surface area contributed by atoms with Gasteiger partial charge in [-0.25, -0.2) is 4.98 Å². The number of aromatic nitrogens is 2. The van der Waals surface area contributed by atoms with Gasteiger partial charge in [0.05, 0.1) is 0 Å². The second kappa shape index (κ2) is 11.8. The van der Waals surface area contributed by atoms with Gasteiger partial charge >= 0.3 is 6.01 Å². The molecule has 6 heteroatoms. The fourth-order valence-electron chi connectivity index (χ4n) is 3.79. The predicted octanol–water partition coefficient (Wildman–Crippen LogP) is 6.75. The number of hydrogen-bond donors (Lipinski definition) is 0. The summed E-state index contributed by atoms with van der Waals surface area (Å²) in [5.74, 6) is 0. The van der Waals surface area contributed by atoms with Crippen LogP contribution in [-0.2, 0) is 20.1 Å². The van der Waals surface area contributed by atoms with Crippen molar-refractivity contribution in [3.05, 3.63) is 103 Å². The molecule has 5 nitrogen and oxygen atoms in total. The molecule has 181 valence electrons. The van der Waals surface area contributed by atoms with Crippen LogP contribution < -0.4 is 0 Å². The van der Waals surface area contributed by atoms with Crippen LogP contribution in [0.4, 0.5) is 5.69 Å². The maximum absolute atomic E-state index is 5.79. The first-order chi connectivity index (χ1) is 17.2. The summed E-state index contributed by atoms with van der Waals surface area (Å²) in [4.78, 5) is 8.57. The van der Waals surface area contributed by atoms with Gasteiger partial charge in [-0.3, -0.25) is 0 Å². The largest absolute Gasteiger partial charge is 0.493 e. The first kappa shape index (κ1) is 25.4. The number of aryl methyl sites for hydroxylation is 1. The Bertz CT molecular complexity index is 1560. The topological polar surface area (TPSA) is 44.9 Å². The van der Waals surface area contributed by atoms with Gasteiger partial charge in [-0.05, 0) is 29.6 Å². The van der Waals surface area contributed by atoms with Gasteiger partial charge in [0.25, 0.3) is 6.20 Å². The number of nitrogens with zero attached hydrogens (tertiary/aromatic N) is 4. The van der Waals surface area contributed by atoms with Crippen molar-refractivity contribution < 1.29 is 33.7 Å². The Balaban J connectivity index is 0.000000187. The number of pyridine rings is 2. The number of rotatable bonds is 5. The van der Waals surface area contributed by atoms with Crippen LogP contribution in [0.1, 0.15) is 25.3 Å². The number of benzene rings is 2. The van der Waals surface area contributed by atoms with Gasteiger partial charge in [0.2, 0.25) is 11.9 Å². The van der Waals surface area contributed by atoms with E-state index in [9.17, 15) is 0 Å². The van der Waals surface area contributed by atoms with Gasteiger partial charge in [-0.2, -0.15) is 6.07 Å². The summed E-state index contributed by atoms with van der Waals surface area (Å²) in [5.41, 5.74) is 5.50. The molecule has 5 aromatic rings. The second-order valence-corrected chi connectivity index (χ2v) is 8.36. The smallest absolute Gasteiger partial charge is 0.465 e. The Morgan fingerprint density at radius 2 is 1.89 bits per heavy atom. The molecule has 0 unspecified atom stereocenters. The van der Waals surface area contributed by atoms with Crippen LogP contribution in [0.25, 0.3) is 33.3 Å². The van der Waals surface area contributed by atoms with E-state index < -0.39 is 0 Å². The molecule has 6 rings (SSSR count). The maximum Gasteiger partial charge on any atom is 0.493 e. The van der Waals surface area contributed by atoms with Crippen LogP contribution in [-0.4, -0.2) is 31.7 Å². The number of unbranched alkanes of at least 4 members (excludes halogenated alkanes) is 1. The Kier molecular flexibility index (Phi) is 8.35. The fourth-order valence-corrected chi connectivity index (χ4v) is 3.79. The first-order valence-corrected chi connectivity index (χ1v) is 11.8. The van der Waals surface area contributed by atoms with E-state index in [1.54, 1.807) is 6.20 Å². The van der Waals surface area contributed by atoms with Crippen LogP contribution in [0.2, 0.25) is 0 Å². The van der Waals surface area contributed by atoms with Crippen molar-refractivity contribution in [2.24, 2.45) is 0 Å². The van der Waals surface area contributed by atoms with Gasteiger partial charge in [0.15, 0.2) is 6.54 Å². The van der Waals surface area contributed by atoms with E-state index in [2.05, 4.69) is 51.7 Å². The molecular weight excluding hydrogens is 625 g/mol. The van der Waals surface area contributed by atoms with Crippen molar-refractivity contribution in [3.8, 4) is 11.3 Å². The molecule has 4 heterocycles. The van der Waals surface area contributed by atoms with Crippen molar-refractivity contribution >= 4 is 33.8 Å². The van der Waals surface area contributed by atoms with Crippen molar-refractivity contribution in [2.45, 2.75) is 26.7 Å². The quantitative estimate of drug-likeness (QED) is 0.156. The molecule has 0 amide bonds. The van der Waals surface area contributed by atoms with Crippen molar-refractivity contribution in [1.82, 2.24) is 9.97 Å². The number of furan rings is 1. The standard InChI is InChI=1S/C18H16N3O.C12H10N.Ir/c1-2-3-9-20-10-11-21(13-20)14-6-7-15-16-5-4-8-19-18(16)22-17(15)12-14;1-10-7-8-12(13-9-10)11-5-3-2-4-6-11;/h4-8,10-11H,2-3,9H2,1H3;2-5,7-9H,1H3;/q+1;-1;. The van der Waals surface area contributed by atoms with Crippen LogP contribution in [0.5, 0.6) is 0 Å². The van der Waals surface area contributed by atoms with Crippen molar-refractivity contribution in [1.29, 1.82) is 0 Å². The Labute approximate surface area is 224 Å². The number of hydrogen-bond acceptors (Lipinski definition) is 3. The minimum Gasteiger partial charge on any atom is -0.465 e. The van der Waals surface area contributed by atoms with Gasteiger partial charge in [0, 0.05) is 44.5 Å². The Hall–Kier alpha value is -3.69. The molecule has 0 N–H and O–H groups in total. The van der Waals surface area contributed by atoms with E-state index in [0.29, 0.717) is 5.71 Å². The summed E-state index contributed by atoms with van der Waals surface area (Å²) in [6.45, 7) is 5.21. The van der Waals surface area contributed by atoms with E-state index in [-0.39, 0.29) is 20.1 Å². The molecule has 0 spiro atoms. The Morgan fingerprint density at radius 1 is 0.972 bits per heavy atom. The summed E-state index contributed by atoms with van der Waals surface area (Å²) < 4.78 is 9.80. The average Bonchev–Trinajstić information content (AvgIpc) is 3.53. The summed E-state index contributed by atoms with van der Waals surface area (Å²) in [7, 11) is 0. The predicted molar refractivity (Wildman–Crippen MR) is 138 cm³/mol. The van der Waals surface area contributed by atoms with Crippen LogP contribution in [0.15, 0.2) is 89.9 Å². The molecule has 0 saturated carbocycles. The zero-order valence-corrected chi connectivity index (χ0v) is 22.6. The van der Waals surface area contributed by atoms with Gasteiger partial charge < -0.3 is 9.40 Å². The van der Waals surface area contributed by atoms with Crippen LogP contribution >= 0.6 is 0 Å². The third-order valence-corrected chi connectivity index (χ3v) is 5.69. The van der Waals surface area contributed by atoms with Gasteiger partial charge in [-0.1, -0.05) is 58.2 Å². The minimum absolute atomic E-state index is 0. The Morgan fingerprint density at radius 3 is 2.67 bits per heavy atom. The summed E-state index contributed by atoms with van der Waals surface area (Å²) >= 11 is 0. The molecule has 1 aliphatic rings. The zero-order valence-electron chi connectivity index (χ0n) is 20.2. The van der Waals surface area contributed by atoms with E-state index >= 15 is 0 Å². The molecule has 1 radical (unpaired) electrons. The molecule has 3 aromatic heterocycles. The third kappa shape index (κ3) is 5.75. The maximum atomic E-state index is 5.79. The molecule has 0 atom stereocenters. The monoisotopic (exact) mass is 651 g/mol. The number of fused-ring (bicyclic) bond motifs is 3. The van der Waals surface area contributed by atoms with Gasteiger partial charge in [-0.15, -0.1) is 35.9 Å². The zero-order chi connectivity index (χ0) is 24.0. The molecule has 1 aliphatic heterocycles. The third-order valence-electron chi connectivity index (χ3n) is 5.69. The molecule has 0 bridgehead atoms. The van der Waals surface area contributed by atoms with Crippen LogP contribution in [0, 0.1) is 19.1 Å². The molecular formula is C30H26IrN4O. The van der Waals surface area contributed by atoms with E-state index in [1.165, 1.54) is 12.0 Å². The molecule has 0 aliphatic carbocycles. The normalized spacial score (nSPS) is 12.1.